The summed E-state index contributed by atoms with van der Waals surface area (Å²) in [7, 11) is 1.62. The molecular formula is C12H18N4O2. The summed E-state index contributed by atoms with van der Waals surface area (Å²) >= 11 is 0. The van der Waals surface area contributed by atoms with Crippen molar-refractivity contribution in [3.05, 3.63) is 24.5 Å². The Morgan fingerprint density at radius 1 is 1.78 bits per heavy atom. The summed E-state index contributed by atoms with van der Waals surface area (Å²) in [6.45, 7) is 6.43. The number of ether oxygens (including phenoxy) is 1. The molecule has 0 saturated carbocycles. The molecule has 6 heteroatoms. The Morgan fingerprint density at radius 3 is 3.28 bits per heavy atom. The molecule has 0 unspecified atom stereocenters. The molecular weight excluding hydrogens is 232 g/mol. The first-order valence-corrected chi connectivity index (χ1v) is 5.94. The van der Waals surface area contributed by atoms with E-state index in [4.69, 9.17) is 4.74 Å². The molecule has 0 aliphatic carbocycles. The van der Waals surface area contributed by atoms with Gasteiger partial charge in [-0.05, 0) is 0 Å². The molecule has 2 rings (SSSR count). The van der Waals surface area contributed by atoms with Crippen LogP contribution in [0.1, 0.15) is 5.56 Å². The molecule has 1 aliphatic rings. The van der Waals surface area contributed by atoms with Crippen molar-refractivity contribution in [3.63, 3.8) is 0 Å². The summed E-state index contributed by atoms with van der Waals surface area (Å²) in [5.41, 5.74) is 1.10. The van der Waals surface area contributed by atoms with Crippen LogP contribution in [-0.4, -0.2) is 53.4 Å². The average molecular weight is 250 g/mol. The zero-order chi connectivity index (χ0) is 13.0. The number of hydrogen-bond acceptors (Lipinski definition) is 4. The zero-order valence-electron chi connectivity index (χ0n) is 10.5. The van der Waals surface area contributed by atoms with Gasteiger partial charge in [0.25, 0.3) is 0 Å². The second-order valence-corrected chi connectivity index (χ2v) is 4.22. The predicted octanol–water partition coefficient (Wildman–Crippen LogP) is -0.0696. The molecule has 1 aromatic heterocycles. The number of carbonyl (C=O) groups is 1. The summed E-state index contributed by atoms with van der Waals surface area (Å²) in [5.74, 6) is -0.0681. The lowest BCUT2D eigenvalue weighted by Gasteiger charge is -2.31. The van der Waals surface area contributed by atoms with Gasteiger partial charge in [0.1, 0.15) is 6.10 Å². The normalized spacial score (nSPS) is 20.6. The molecule has 6 nitrogen and oxygen atoms in total. The lowest BCUT2D eigenvalue weighted by atomic mass is 10.2. The van der Waals surface area contributed by atoms with Gasteiger partial charge in [0.05, 0.1) is 12.8 Å². The number of nitrogens with one attached hydrogen (secondary N) is 1. The Hall–Kier alpha value is -1.66. The number of amides is 1. The van der Waals surface area contributed by atoms with E-state index in [1.165, 1.54) is 0 Å². The van der Waals surface area contributed by atoms with Crippen LogP contribution in [0.2, 0.25) is 0 Å². The fourth-order valence-corrected chi connectivity index (χ4v) is 1.98. The van der Waals surface area contributed by atoms with Crippen LogP contribution < -0.4 is 5.32 Å². The van der Waals surface area contributed by atoms with E-state index in [2.05, 4.69) is 21.9 Å². The number of rotatable bonds is 4. The fourth-order valence-electron chi connectivity index (χ4n) is 1.98. The van der Waals surface area contributed by atoms with Gasteiger partial charge in [-0.25, -0.2) is 4.68 Å². The summed E-state index contributed by atoms with van der Waals surface area (Å²) in [6, 6.07) is 0. The highest BCUT2D eigenvalue weighted by Gasteiger charge is 2.25. The minimum absolute atomic E-state index is 0.0681. The van der Waals surface area contributed by atoms with Crippen molar-refractivity contribution in [2.45, 2.75) is 12.6 Å². The van der Waals surface area contributed by atoms with Gasteiger partial charge in [0.15, 0.2) is 0 Å². The Balaban J connectivity index is 1.93. The third kappa shape index (κ3) is 2.96. The molecule has 1 N–H and O–H groups in total. The van der Waals surface area contributed by atoms with Crippen molar-refractivity contribution >= 4 is 12.1 Å². The van der Waals surface area contributed by atoms with E-state index >= 15 is 0 Å². The third-order valence-corrected chi connectivity index (χ3v) is 2.94. The lowest BCUT2D eigenvalue weighted by Crippen LogP contribution is -2.48. The van der Waals surface area contributed by atoms with Crippen LogP contribution in [0.4, 0.5) is 0 Å². The van der Waals surface area contributed by atoms with Crippen LogP contribution in [0.15, 0.2) is 19.0 Å². The Kier molecular flexibility index (Phi) is 4.11. The highest BCUT2D eigenvalue weighted by Crippen LogP contribution is 2.10. The van der Waals surface area contributed by atoms with Gasteiger partial charge in [0.2, 0.25) is 5.91 Å². The minimum Gasteiger partial charge on any atom is -0.366 e. The summed E-state index contributed by atoms with van der Waals surface area (Å²) in [4.78, 5) is 13.7. The topological polar surface area (TPSA) is 59.4 Å². The predicted molar refractivity (Wildman–Crippen MR) is 67.7 cm³/mol. The van der Waals surface area contributed by atoms with E-state index in [1.54, 1.807) is 17.9 Å². The first-order chi connectivity index (χ1) is 8.72. The van der Waals surface area contributed by atoms with Crippen molar-refractivity contribution in [2.75, 3.05) is 26.7 Å². The van der Waals surface area contributed by atoms with Crippen molar-refractivity contribution < 1.29 is 9.53 Å². The SMILES string of the molecule is C=Cn1cc(CN2CCO[C@H](C(=O)NC)C2)cn1. The van der Waals surface area contributed by atoms with E-state index in [1.807, 2.05) is 12.4 Å². The quantitative estimate of drug-likeness (QED) is 0.812. The van der Waals surface area contributed by atoms with Crippen LogP contribution in [0, 0.1) is 0 Å². The van der Waals surface area contributed by atoms with Crippen molar-refractivity contribution in [3.8, 4) is 0 Å². The van der Waals surface area contributed by atoms with Crippen LogP contribution >= 0.6 is 0 Å². The molecule has 0 aromatic carbocycles. The molecule has 0 bridgehead atoms. The first kappa shape index (κ1) is 12.8. The van der Waals surface area contributed by atoms with Crippen LogP contribution in [0.5, 0.6) is 0 Å². The van der Waals surface area contributed by atoms with Gasteiger partial charge < -0.3 is 10.1 Å². The van der Waals surface area contributed by atoms with E-state index in [9.17, 15) is 4.79 Å². The number of likely N-dealkylation sites (N-methyl/N-ethyl adjacent to an activating group) is 1. The van der Waals surface area contributed by atoms with Gasteiger partial charge >= 0.3 is 0 Å². The molecule has 1 amide bonds. The largest absolute Gasteiger partial charge is 0.366 e. The number of morpholine rings is 1. The second-order valence-electron chi connectivity index (χ2n) is 4.22. The zero-order valence-corrected chi connectivity index (χ0v) is 10.5. The number of aromatic nitrogens is 2. The van der Waals surface area contributed by atoms with Gasteiger partial charge in [-0.3, -0.25) is 9.69 Å². The number of carbonyl (C=O) groups excluding carboxylic acids is 1. The summed E-state index contributed by atoms with van der Waals surface area (Å²) < 4.78 is 7.11. The maximum absolute atomic E-state index is 11.5. The van der Waals surface area contributed by atoms with Gasteiger partial charge in [-0.15, -0.1) is 0 Å². The van der Waals surface area contributed by atoms with E-state index in [0.717, 1.165) is 18.7 Å². The first-order valence-electron chi connectivity index (χ1n) is 5.94. The molecule has 1 aliphatic heterocycles. The van der Waals surface area contributed by atoms with E-state index in [-0.39, 0.29) is 12.0 Å². The standard InChI is InChI=1S/C12H18N4O2/c1-3-16-8-10(6-14-16)7-15-4-5-18-11(9-15)12(17)13-2/h3,6,8,11H,1,4-5,7,9H2,2H3,(H,13,17)/t11-/m0/s1. The molecule has 98 valence electrons. The van der Waals surface area contributed by atoms with Gasteiger partial charge in [-0.1, -0.05) is 6.58 Å². The van der Waals surface area contributed by atoms with Crippen LogP contribution in [0.25, 0.3) is 6.20 Å². The molecule has 1 atom stereocenters. The summed E-state index contributed by atoms with van der Waals surface area (Å²) in [6.07, 6.45) is 5.01. The average Bonchev–Trinajstić information content (AvgIpc) is 2.86. The molecule has 18 heavy (non-hydrogen) atoms. The highest BCUT2D eigenvalue weighted by atomic mass is 16.5. The van der Waals surface area contributed by atoms with E-state index < -0.39 is 0 Å². The Morgan fingerprint density at radius 2 is 2.61 bits per heavy atom. The minimum atomic E-state index is -0.377. The molecule has 2 heterocycles. The number of hydrogen-bond donors (Lipinski definition) is 1. The van der Waals surface area contributed by atoms with Gasteiger partial charge in [0, 0.05) is 44.6 Å². The maximum Gasteiger partial charge on any atom is 0.250 e. The molecule has 0 radical (unpaired) electrons. The monoisotopic (exact) mass is 250 g/mol. The Labute approximate surface area is 106 Å². The highest BCUT2D eigenvalue weighted by molar-refractivity contribution is 5.80. The number of nitrogens with zero attached hydrogens (tertiary/aromatic N) is 3. The fraction of sp³-hybridized carbons (Fsp3) is 0.500. The maximum atomic E-state index is 11.5. The smallest absolute Gasteiger partial charge is 0.250 e. The van der Waals surface area contributed by atoms with Crippen molar-refractivity contribution in [2.24, 2.45) is 0 Å². The molecule has 1 fully saturated rings. The molecule has 1 saturated heterocycles. The van der Waals surface area contributed by atoms with Crippen molar-refractivity contribution in [1.29, 1.82) is 0 Å². The van der Waals surface area contributed by atoms with Gasteiger partial charge in [-0.2, -0.15) is 5.10 Å². The Bertz CT molecular complexity index is 429. The van der Waals surface area contributed by atoms with E-state index in [0.29, 0.717) is 13.2 Å². The summed E-state index contributed by atoms with van der Waals surface area (Å²) in [5, 5.41) is 6.74. The van der Waals surface area contributed by atoms with Crippen LogP contribution in [0.3, 0.4) is 0 Å². The lowest BCUT2D eigenvalue weighted by molar-refractivity contribution is -0.138. The second kappa shape index (κ2) is 5.79. The van der Waals surface area contributed by atoms with Crippen LogP contribution in [-0.2, 0) is 16.1 Å². The molecule has 0 spiro atoms. The third-order valence-electron chi connectivity index (χ3n) is 2.94. The molecule has 1 aromatic rings. The van der Waals surface area contributed by atoms with Crippen molar-refractivity contribution in [1.82, 2.24) is 20.0 Å².